The van der Waals surface area contributed by atoms with Crippen molar-refractivity contribution in [3.8, 4) is 11.4 Å². The normalized spacial score (nSPS) is 11.2. The third-order valence-corrected chi connectivity index (χ3v) is 4.34. The summed E-state index contributed by atoms with van der Waals surface area (Å²) in [6.45, 7) is 3.77. The summed E-state index contributed by atoms with van der Waals surface area (Å²) in [6.07, 6.45) is 6.35. The minimum atomic E-state index is 0.638. The second kappa shape index (κ2) is 6.95. The molecule has 0 radical (unpaired) electrons. The molecule has 7 nitrogen and oxygen atoms in total. The molecule has 0 bridgehead atoms. The van der Waals surface area contributed by atoms with Gasteiger partial charge >= 0.3 is 0 Å². The Bertz CT molecular complexity index is 1030. The Balaban J connectivity index is 1.59. The summed E-state index contributed by atoms with van der Waals surface area (Å²) in [7, 11) is 1.92. The fourth-order valence-corrected chi connectivity index (χ4v) is 3.12. The summed E-state index contributed by atoms with van der Waals surface area (Å²) in [4.78, 5) is 9.11. The molecule has 0 unspecified atom stereocenters. The van der Waals surface area contributed by atoms with Crippen LogP contribution in [0.4, 0.5) is 5.69 Å². The zero-order valence-electron chi connectivity index (χ0n) is 14.9. The molecule has 0 spiro atoms. The SMILES string of the molecule is CCCn1c(CNc2cncc(-c3nncn3C)c2)nc2ccccc21. The second-order valence-corrected chi connectivity index (χ2v) is 6.25. The number of pyridine rings is 1. The smallest absolute Gasteiger partial charge is 0.165 e. The Labute approximate surface area is 151 Å². The highest BCUT2D eigenvalue weighted by molar-refractivity contribution is 5.76. The standard InChI is InChI=1S/C19H21N7/c1-3-8-26-17-7-5-4-6-16(17)23-18(26)12-21-15-9-14(10-20-11-15)19-24-22-13-25(19)2/h4-7,9-11,13,21H,3,8,12H2,1-2H3. The Morgan fingerprint density at radius 3 is 2.85 bits per heavy atom. The van der Waals surface area contributed by atoms with Crippen LogP contribution in [0.25, 0.3) is 22.4 Å². The van der Waals surface area contributed by atoms with E-state index in [-0.39, 0.29) is 0 Å². The van der Waals surface area contributed by atoms with Crippen LogP contribution in [0.2, 0.25) is 0 Å². The predicted molar refractivity (Wildman–Crippen MR) is 102 cm³/mol. The van der Waals surface area contributed by atoms with Crippen molar-refractivity contribution in [1.29, 1.82) is 0 Å². The maximum atomic E-state index is 4.79. The van der Waals surface area contributed by atoms with Gasteiger partial charge in [0.15, 0.2) is 5.82 Å². The van der Waals surface area contributed by atoms with Gasteiger partial charge in [-0.25, -0.2) is 4.98 Å². The molecule has 4 aromatic rings. The number of imidazole rings is 1. The van der Waals surface area contributed by atoms with E-state index in [2.05, 4.69) is 50.2 Å². The maximum absolute atomic E-state index is 4.79. The number of fused-ring (bicyclic) bond motifs is 1. The van der Waals surface area contributed by atoms with Crippen molar-refractivity contribution in [2.24, 2.45) is 7.05 Å². The third-order valence-electron chi connectivity index (χ3n) is 4.34. The highest BCUT2D eigenvalue weighted by atomic mass is 15.2. The fraction of sp³-hybridized carbons (Fsp3) is 0.263. The van der Waals surface area contributed by atoms with Crippen LogP contribution in [0.5, 0.6) is 0 Å². The number of hydrogen-bond acceptors (Lipinski definition) is 5. The third kappa shape index (κ3) is 3.03. The first kappa shape index (κ1) is 16.3. The van der Waals surface area contributed by atoms with Gasteiger partial charge in [0, 0.05) is 31.5 Å². The molecule has 0 aliphatic heterocycles. The van der Waals surface area contributed by atoms with Gasteiger partial charge in [-0.05, 0) is 24.6 Å². The molecule has 7 heteroatoms. The molecule has 3 heterocycles. The molecule has 0 aliphatic carbocycles. The molecule has 0 amide bonds. The molecular weight excluding hydrogens is 326 g/mol. The number of aromatic nitrogens is 6. The molecule has 3 aromatic heterocycles. The van der Waals surface area contributed by atoms with Crippen molar-refractivity contribution >= 4 is 16.7 Å². The molecule has 0 aliphatic rings. The van der Waals surface area contributed by atoms with Crippen molar-refractivity contribution in [2.45, 2.75) is 26.4 Å². The first-order chi connectivity index (χ1) is 12.8. The zero-order chi connectivity index (χ0) is 17.9. The van der Waals surface area contributed by atoms with Gasteiger partial charge in [-0.1, -0.05) is 19.1 Å². The number of hydrogen-bond donors (Lipinski definition) is 1. The molecule has 26 heavy (non-hydrogen) atoms. The molecule has 4 rings (SSSR count). The number of aryl methyl sites for hydroxylation is 2. The first-order valence-corrected chi connectivity index (χ1v) is 8.73. The highest BCUT2D eigenvalue weighted by Crippen LogP contribution is 2.20. The number of rotatable bonds is 6. The summed E-state index contributed by atoms with van der Waals surface area (Å²) in [5.74, 6) is 1.82. The lowest BCUT2D eigenvalue weighted by atomic mass is 10.2. The molecule has 0 atom stereocenters. The molecule has 0 saturated heterocycles. The zero-order valence-corrected chi connectivity index (χ0v) is 14.9. The molecular formula is C19H21N7. The van der Waals surface area contributed by atoms with Crippen molar-refractivity contribution in [3.05, 3.63) is 54.9 Å². The van der Waals surface area contributed by atoms with Gasteiger partial charge in [0.05, 0.1) is 23.3 Å². The van der Waals surface area contributed by atoms with Crippen LogP contribution in [0.3, 0.4) is 0 Å². The van der Waals surface area contributed by atoms with E-state index in [1.165, 1.54) is 5.52 Å². The maximum Gasteiger partial charge on any atom is 0.165 e. The van der Waals surface area contributed by atoms with Gasteiger partial charge in [-0.15, -0.1) is 10.2 Å². The summed E-state index contributed by atoms with van der Waals surface area (Å²) in [5, 5.41) is 11.5. The second-order valence-electron chi connectivity index (χ2n) is 6.25. The van der Waals surface area contributed by atoms with Gasteiger partial charge in [-0.3, -0.25) is 4.98 Å². The Kier molecular flexibility index (Phi) is 4.35. The lowest BCUT2D eigenvalue weighted by Gasteiger charge is -2.10. The van der Waals surface area contributed by atoms with Crippen LogP contribution >= 0.6 is 0 Å². The van der Waals surface area contributed by atoms with Crippen LogP contribution in [-0.4, -0.2) is 29.3 Å². The number of anilines is 1. The van der Waals surface area contributed by atoms with E-state index in [1.54, 1.807) is 12.5 Å². The molecule has 0 fully saturated rings. The lowest BCUT2D eigenvalue weighted by Crippen LogP contribution is -2.09. The summed E-state index contributed by atoms with van der Waals surface area (Å²) >= 11 is 0. The summed E-state index contributed by atoms with van der Waals surface area (Å²) in [5.41, 5.74) is 4.07. The largest absolute Gasteiger partial charge is 0.377 e. The average Bonchev–Trinajstić information content (AvgIpc) is 3.24. The fourth-order valence-electron chi connectivity index (χ4n) is 3.12. The van der Waals surface area contributed by atoms with E-state index in [0.29, 0.717) is 6.54 Å². The summed E-state index contributed by atoms with van der Waals surface area (Å²) in [6, 6.07) is 10.3. The topological polar surface area (TPSA) is 73.5 Å². The van der Waals surface area contributed by atoms with E-state index < -0.39 is 0 Å². The Hall–Kier alpha value is -3.22. The van der Waals surface area contributed by atoms with Gasteiger partial charge in [0.1, 0.15) is 12.2 Å². The Morgan fingerprint density at radius 2 is 2.04 bits per heavy atom. The quantitative estimate of drug-likeness (QED) is 0.579. The lowest BCUT2D eigenvalue weighted by molar-refractivity contribution is 0.661. The first-order valence-electron chi connectivity index (χ1n) is 8.73. The van der Waals surface area contributed by atoms with E-state index in [0.717, 1.165) is 41.4 Å². The van der Waals surface area contributed by atoms with Crippen LogP contribution in [-0.2, 0) is 20.1 Å². The van der Waals surface area contributed by atoms with Crippen molar-refractivity contribution in [2.75, 3.05) is 5.32 Å². The average molecular weight is 347 g/mol. The minimum absolute atomic E-state index is 0.638. The number of benzene rings is 1. The van der Waals surface area contributed by atoms with Crippen molar-refractivity contribution in [1.82, 2.24) is 29.3 Å². The van der Waals surface area contributed by atoms with Gasteiger partial charge in [0.2, 0.25) is 0 Å². The van der Waals surface area contributed by atoms with Crippen LogP contribution in [0, 0.1) is 0 Å². The van der Waals surface area contributed by atoms with Crippen LogP contribution < -0.4 is 5.32 Å². The molecule has 1 N–H and O–H groups in total. The number of para-hydroxylation sites is 2. The van der Waals surface area contributed by atoms with Crippen LogP contribution in [0.15, 0.2) is 49.1 Å². The predicted octanol–water partition coefficient (Wildman–Crippen LogP) is 3.25. The van der Waals surface area contributed by atoms with Crippen molar-refractivity contribution < 1.29 is 0 Å². The van der Waals surface area contributed by atoms with E-state index in [4.69, 9.17) is 4.98 Å². The van der Waals surface area contributed by atoms with Gasteiger partial charge in [0.25, 0.3) is 0 Å². The highest BCUT2D eigenvalue weighted by Gasteiger charge is 2.10. The minimum Gasteiger partial charge on any atom is -0.377 e. The monoisotopic (exact) mass is 347 g/mol. The van der Waals surface area contributed by atoms with E-state index in [1.807, 2.05) is 29.9 Å². The Morgan fingerprint density at radius 1 is 1.15 bits per heavy atom. The van der Waals surface area contributed by atoms with E-state index >= 15 is 0 Å². The van der Waals surface area contributed by atoms with Crippen LogP contribution in [0.1, 0.15) is 19.2 Å². The summed E-state index contributed by atoms with van der Waals surface area (Å²) < 4.78 is 4.16. The molecule has 132 valence electrons. The molecule has 1 aromatic carbocycles. The van der Waals surface area contributed by atoms with E-state index in [9.17, 15) is 0 Å². The number of nitrogens with one attached hydrogen (secondary N) is 1. The molecule has 0 saturated carbocycles. The van der Waals surface area contributed by atoms with Crippen molar-refractivity contribution in [3.63, 3.8) is 0 Å². The number of nitrogens with zero attached hydrogens (tertiary/aromatic N) is 6. The van der Waals surface area contributed by atoms with Gasteiger partial charge in [-0.2, -0.15) is 0 Å². The van der Waals surface area contributed by atoms with Gasteiger partial charge < -0.3 is 14.5 Å².